The van der Waals surface area contributed by atoms with Gasteiger partial charge in [0, 0.05) is 31.0 Å². The van der Waals surface area contributed by atoms with Crippen molar-refractivity contribution in [3.63, 3.8) is 0 Å². The van der Waals surface area contributed by atoms with Crippen LogP contribution in [0.25, 0.3) is 11.0 Å². The molecule has 1 aromatic carbocycles. The van der Waals surface area contributed by atoms with Gasteiger partial charge in [-0.15, -0.1) is 0 Å². The molecule has 1 aromatic heterocycles. The molecule has 1 aliphatic rings. The first-order chi connectivity index (χ1) is 9.55. The smallest absolute Gasteiger partial charge is 0.248 e. The minimum Gasteiger partial charge on any atom is -0.330 e. The molecule has 0 unspecified atom stereocenters. The van der Waals surface area contributed by atoms with E-state index in [4.69, 9.17) is 5.73 Å². The molecule has 0 aliphatic heterocycles. The van der Waals surface area contributed by atoms with Crippen LogP contribution < -0.4 is 5.73 Å². The van der Waals surface area contributed by atoms with E-state index in [9.17, 15) is 8.78 Å². The lowest BCUT2D eigenvalue weighted by Gasteiger charge is -2.38. The largest absolute Gasteiger partial charge is 0.330 e. The monoisotopic (exact) mass is 277 g/mol. The molecule has 106 valence electrons. The summed E-state index contributed by atoms with van der Waals surface area (Å²) in [5.41, 5.74) is 7.77. The van der Waals surface area contributed by atoms with Gasteiger partial charge >= 0.3 is 0 Å². The van der Waals surface area contributed by atoms with Gasteiger partial charge in [-0.2, -0.15) is 0 Å². The van der Waals surface area contributed by atoms with Crippen LogP contribution in [0.2, 0.25) is 0 Å². The summed E-state index contributed by atoms with van der Waals surface area (Å²) in [6.07, 6.45) is 2.17. The van der Waals surface area contributed by atoms with E-state index in [2.05, 4.69) is 9.97 Å². The number of nitrogens with two attached hydrogens (primary N) is 1. The van der Waals surface area contributed by atoms with Crippen LogP contribution in [-0.2, 0) is 5.41 Å². The number of rotatable bonds is 2. The van der Waals surface area contributed by atoms with E-state index >= 15 is 0 Å². The third-order valence-corrected chi connectivity index (χ3v) is 4.32. The van der Waals surface area contributed by atoms with Crippen LogP contribution in [0.3, 0.4) is 0 Å². The number of para-hydroxylation sites is 2. The molecule has 1 saturated carbocycles. The number of alkyl halides is 2. The molecule has 1 heterocycles. The van der Waals surface area contributed by atoms with Crippen molar-refractivity contribution >= 4 is 11.0 Å². The lowest BCUT2D eigenvalue weighted by atomic mass is 9.70. The minimum absolute atomic E-state index is 0.126. The predicted molar refractivity (Wildman–Crippen MR) is 73.7 cm³/mol. The number of hydrogen-bond donors (Lipinski definition) is 1. The SMILES string of the molecule is NCC1(c2cnc3ccccc3n2)CCC(F)(F)CC1. The van der Waals surface area contributed by atoms with Gasteiger partial charge in [-0.1, -0.05) is 12.1 Å². The van der Waals surface area contributed by atoms with Crippen molar-refractivity contribution in [3.8, 4) is 0 Å². The Morgan fingerprint density at radius 3 is 2.35 bits per heavy atom. The van der Waals surface area contributed by atoms with E-state index in [1.54, 1.807) is 6.20 Å². The highest BCUT2D eigenvalue weighted by Crippen LogP contribution is 2.44. The molecule has 1 fully saturated rings. The molecule has 3 rings (SSSR count). The zero-order valence-corrected chi connectivity index (χ0v) is 11.1. The summed E-state index contributed by atoms with van der Waals surface area (Å²) >= 11 is 0. The molecule has 0 amide bonds. The lowest BCUT2D eigenvalue weighted by molar-refractivity contribution is -0.0514. The van der Waals surface area contributed by atoms with Crippen LogP contribution in [0.15, 0.2) is 30.5 Å². The molecular formula is C15H17F2N3. The summed E-state index contributed by atoms with van der Waals surface area (Å²) in [7, 11) is 0. The Labute approximate surface area is 116 Å². The molecule has 0 saturated heterocycles. The zero-order valence-electron chi connectivity index (χ0n) is 11.1. The molecule has 2 N–H and O–H groups in total. The van der Waals surface area contributed by atoms with E-state index in [-0.39, 0.29) is 12.8 Å². The fourth-order valence-electron chi connectivity index (χ4n) is 2.87. The topological polar surface area (TPSA) is 51.8 Å². The molecule has 5 heteroatoms. The molecule has 0 bridgehead atoms. The minimum atomic E-state index is -2.57. The molecule has 0 spiro atoms. The second-order valence-electron chi connectivity index (χ2n) is 5.58. The van der Waals surface area contributed by atoms with Gasteiger partial charge < -0.3 is 5.73 Å². The van der Waals surface area contributed by atoms with Gasteiger partial charge in [0.15, 0.2) is 0 Å². The van der Waals surface area contributed by atoms with Crippen LogP contribution in [0.4, 0.5) is 8.78 Å². The average Bonchev–Trinajstić information content (AvgIpc) is 2.47. The fraction of sp³-hybridized carbons (Fsp3) is 0.467. The molecule has 2 aromatic rings. The summed E-state index contributed by atoms with van der Waals surface area (Å²) in [6.45, 7) is 0.329. The normalized spacial score (nSPS) is 20.9. The van der Waals surface area contributed by atoms with Gasteiger partial charge in [0.1, 0.15) is 0 Å². The Hall–Kier alpha value is -1.62. The molecular weight excluding hydrogens is 260 g/mol. The molecule has 0 atom stereocenters. The van der Waals surface area contributed by atoms with E-state index < -0.39 is 11.3 Å². The van der Waals surface area contributed by atoms with Crippen LogP contribution in [-0.4, -0.2) is 22.4 Å². The van der Waals surface area contributed by atoms with Crippen molar-refractivity contribution in [1.29, 1.82) is 0 Å². The number of halogens is 2. The second kappa shape index (κ2) is 4.74. The third-order valence-electron chi connectivity index (χ3n) is 4.32. The van der Waals surface area contributed by atoms with Crippen molar-refractivity contribution in [1.82, 2.24) is 9.97 Å². The average molecular weight is 277 g/mol. The van der Waals surface area contributed by atoms with Crippen molar-refractivity contribution in [2.24, 2.45) is 5.73 Å². The molecule has 20 heavy (non-hydrogen) atoms. The maximum atomic E-state index is 13.4. The van der Waals surface area contributed by atoms with Gasteiger partial charge in [0.05, 0.1) is 16.7 Å². The van der Waals surface area contributed by atoms with Crippen molar-refractivity contribution in [2.75, 3.05) is 6.54 Å². The van der Waals surface area contributed by atoms with Crippen LogP contribution in [0, 0.1) is 0 Å². The summed E-state index contributed by atoms with van der Waals surface area (Å²) in [4.78, 5) is 8.98. The predicted octanol–water partition coefficient (Wildman–Crippen LogP) is 3.04. The van der Waals surface area contributed by atoms with E-state index in [1.165, 1.54) is 0 Å². The zero-order chi connectivity index (χ0) is 14.2. The fourth-order valence-corrected chi connectivity index (χ4v) is 2.87. The van der Waals surface area contributed by atoms with Gasteiger partial charge in [-0.05, 0) is 25.0 Å². The first kappa shape index (κ1) is 13.4. The van der Waals surface area contributed by atoms with Crippen molar-refractivity contribution in [2.45, 2.75) is 37.0 Å². The Kier molecular flexibility index (Phi) is 3.17. The van der Waals surface area contributed by atoms with E-state index in [1.807, 2.05) is 24.3 Å². The van der Waals surface area contributed by atoms with Gasteiger partial charge in [-0.3, -0.25) is 4.98 Å². The number of hydrogen-bond acceptors (Lipinski definition) is 3. The maximum Gasteiger partial charge on any atom is 0.248 e. The summed E-state index contributed by atoms with van der Waals surface area (Å²) < 4.78 is 26.8. The highest BCUT2D eigenvalue weighted by Gasteiger charge is 2.44. The van der Waals surface area contributed by atoms with Crippen molar-refractivity contribution < 1.29 is 8.78 Å². The maximum absolute atomic E-state index is 13.4. The first-order valence-corrected chi connectivity index (χ1v) is 6.85. The van der Waals surface area contributed by atoms with Gasteiger partial charge in [0.2, 0.25) is 5.92 Å². The number of nitrogens with zero attached hydrogens (tertiary/aromatic N) is 2. The first-order valence-electron chi connectivity index (χ1n) is 6.85. The van der Waals surface area contributed by atoms with E-state index in [0.717, 1.165) is 16.7 Å². The number of benzene rings is 1. The molecule has 1 aliphatic carbocycles. The van der Waals surface area contributed by atoms with Crippen LogP contribution in [0.5, 0.6) is 0 Å². The molecule has 0 radical (unpaired) electrons. The lowest BCUT2D eigenvalue weighted by Crippen LogP contribution is -2.42. The Bertz CT molecular complexity index is 617. The Morgan fingerprint density at radius 2 is 1.70 bits per heavy atom. The quantitative estimate of drug-likeness (QED) is 0.918. The highest BCUT2D eigenvalue weighted by atomic mass is 19.3. The Balaban J connectivity index is 1.99. The number of aromatic nitrogens is 2. The summed E-state index contributed by atoms with van der Waals surface area (Å²) in [5.74, 6) is -2.57. The van der Waals surface area contributed by atoms with Crippen LogP contribution >= 0.6 is 0 Å². The Morgan fingerprint density at radius 1 is 1.05 bits per heavy atom. The van der Waals surface area contributed by atoms with Gasteiger partial charge in [0.25, 0.3) is 0 Å². The van der Waals surface area contributed by atoms with Crippen LogP contribution in [0.1, 0.15) is 31.4 Å². The van der Waals surface area contributed by atoms with Gasteiger partial charge in [-0.25, -0.2) is 13.8 Å². The molecule has 3 nitrogen and oxygen atoms in total. The summed E-state index contributed by atoms with van der Waals surface area (Å²) in [6, 6.07) is 7.56. The van der Waals surface area contributed by atoms with E-state index in [0.29, 0.717) is 19.4 Å². The second-order valence-corrected chi connectivity index (χ2v) is 5.58. The number of fused-ring (bicyclic) bond motifs is 1. The standard InChI is InChI=1S/C15H17F2N3/c16-15(17)7-5-14(10-18,6-8-15)13-9-19-11-3-1-2-4-12(11)20-13/h1-4,9H,5-8,10,18H2. The highest BCUT2D eigenvalue weighted by molar-refractivity contribution is 5.73. The summed E-state index contributed by atoms with van der Waals surface area (Å²) in [5, 5.41) is 0. The third kappa shape index (κ3) is 2.26. The van der Waals surface area contributed by atoms with Crippen molar-refractivity contribution in [3.05, 3.63) is 36.2 Å².